The maximum atomic E-state index is 6.81. The molecule has 0 radical (unpaired) electrons. The number of unbranched alkanes of at least 4 members (excludes halogenated alkanes) is 1. The number of ether oxygens (including phenoxy) is 1. The van der Waals surface area contributed by atoms with Gasteiger partial charge in [0.05, 0.1) is 13.2 Å². The van der Waals surface area contributed by atoms with Crippen molar-refractivity contribution in [2.24, 2.45) is 11.7 Å². The summed E-state index contributed by atoms with van der Waals surface area (Å²) in [5.41, 5.74) is 7.09. The fraction of sp³-hybridized carbons (Fsp3) is 1.00. The molecule has 0 aromatic carbocycles. The molecule has 1 aliphatic carbocycles. The number of morpholine rings is 1. The van der Waals surface area contributed by atoms with Gasteiger partial charge in [-0.25, -0.2) is 0 Å². The van der Waals surface area contributed by atoms with Crippen molar-refractivity contribution in [3.63, 3.8) is 0 Å². The number of hydrogen-bond donors (Lipinski definition) is 1. The molecule has 3 heteroatoms. The lowest BCUT2D eigenvalue weighted by atomic mass is 9.79. The number of nitrogens with two attached hydrogens (primary N) is 1. The van der Waals surface area contributed by atoms with Crippen molar-refractivity contribution in [3.8, 4) is 0 Å². The number of nitrogens with zero attached hydrogens (tertiary/aromatic N) is 1. The minimum atomic E-state index is 0.281. The molecule has 2 atom stereocenters. The lowest BCUT2D eigenvalue weighted by molar-refractivity contribution is -0.0336. The summed E-state index contributed by atoms with van der Waals surface area (Å²) in [6.07, 6.45) is 11.8. The summed E-state index contributed by atoms with van der Waals surface area (Å²) in [6.45, 7) is 8.57. The first kappa shape index (κ1) is 17.2. The van der Waals surface area contributed by atoms with Crippen LogP contribution in [-0.4, -0.2) is 42.8 Å². The van der Waals surface area contributed by atoms with Crippen LogP contribution in [0.5, 0.6) is 0 Å². The fourth-order valence-electron chi connectivity index (χ4n) is 4.48. The molecule has 2 N–H and O–H groups in total. The molecule has 1 saturated heterocycles. The van der Waals surface area contributed by atoms with E-state index in [0.717, 1.165) is 32.2 Å². The normalized spacial score (nSPS) is 25.9. The average Bonchev–Trinajstić information content (AvgIpc) is 3.03. The molecule has 21 heavy (non-hydrogen) atoms. The van der Waals surface area contributed by atoms with E-state index in [0.29, 0.717) is 6.04 Å². The van der Waals surface area contributed by atoms with E-state index < -0.39 is 0 Å². The average molecular weight is 296 g/mol. The minimum absolute atomic E-state index is 0.281. The van der Waals surface area contributed by atoms with Gasteiger partial charge in [-0.05, 0) is 25.2 Å². The highest BCUT2D eigenvalue weighted by Crippen LogP contribution is 2.40. The van der Waals surface area contributed by atoms with Crippen LogP contribution in [0.2, 0.25) is 0 Å². The summed E-state index contributed by atoms with van der Waals surface area (Å²) in [6, 6.07) is 0.347. The Hall–Kier alpha value is -0.120. The van der Waals surface area contributed by atoms with Crippen LogP contribution in [0, 0.1) is 5.92 Å². The molecule has 2 unspecified atom stereocenters. The van der Waals surface area contributed by atoms with E-state index in [-0.39, 0.29) is 5.54 Å². The summed E-state index contributed by atoms with van der Waals surface area (Å²) >= 11 is 0. The fourth-order valence-corrected chi connectivity index (χ4v) is 4.48. The molecule has 1 saturated carbocycles. The molecule has 0 amide bonds. The number of rotatable bonds is 8. The van der Waals surface area contributed by atoms with Crippen LogP contribution in [0.4, 0.5) is 0 Å². The van der Waals surface area contributed by atoms with Crippen LogP contribution < -0.4 is 5.73 Å². The molecule has 0 spiro atoms. The Labute approximate surface area is 131 Å². The molecule has 0 aromatic rings. The summed E-state index contributed by atoms with van der Waals surface area (Å²) in [4.78, 5) is 2.68. The maximum Gasteiger partial charge on any atom is 0.0594 e. The molecule has 2 fully saturated rings. The third-order valence-corrected chi connectivity index (χ3v) is 5.93. The van der Waals surface area contributed by atoms with Crippen LogP contribution in [0.25, 0.3) is 0 Å². The van der Waals surface area contributed by atoms with Crippen molar-refractivity contribution >= 4 is 0 Å². The Balaban J connectivity index is 1.99. The van der Waals surface area contributed by atoms with E-state index in [2.05, 4.69) is 18.7 Å². The van der Waals surface area contributed by atoms with Crippen LogP contribution >= 0.6 is 0 Å². The molecule has 1 heterocycles. The van der Waals surface area contributed by atoms with Gasteiger partial charge in [-0.2, -0.15) is 0 Å². The first-order valence-electron chi connectivity index (χ1n) is 9.31. The largest absolute Gasteiger partial charge is 0.379 e. The van der Waals surface area contributed by atoms with Gasteiger partial charge in [0.1, 0.15) is 0 Å². The smallest absolute Gasteiger partial charge is 0.0594 e. The lowest BCUT2D eigenvalue weighted by Gasteiger charge is -2.48. The molecular weight excluding hydrogens is 260 g/mol. The van der Waals surface area contributed by atoms with Crippen molar-refractivity contribution in [3.05, 3.63) is 0 Å². The molecule has 0 bridgehead atoms. The second-order valence-electron chi connectivity index (χ2n) is 7.17. The van der Waals surface area contributed by atoms with Crippen LogP contribution in [0.1, 0.15) is 71.6 Å². The summed E-state index contributed by atoms with van der Waals surface area (Å²) in [5.74, 6) is 0.818. The third-order valence-electron chi connectivity index (χ3n) is 5.93. The monoisotopic (exact) mass is 296 g/mol. The van der Waals surface area contributed by atoms with Gasteiger partial charge < -0.3 is 10.5 Å². The standard InChI is InChI=1S/C18H36N2O/c1-3-5-8-16(4-2)15-17(19)18(9-6-7-10-18)20-11-13-21-14-12-20/h16-17H,3-15,19H2,1-2H3. The Kier molecular flexibility index (Phi) is 6.97. The van der Waals surface area contributed by atoms with Gasteiger partial charge in [-0.3, -0.25) is 4.90 Å². The zero-order valence-corrected chi connectivity index (χ0v) is 14.3. The SMILES string of the molecule is CCCCC(CC)CC(N)C1(N2CCOCC2)CCCC1. The predicted octanol–water partition coefficient (Wildman–Crippen LogP) is 3.57. The zero-order valence-electron chi connectivity index (χ0n) is 14.3. The van der Waals surface area contributed by atoms with Crippen LogP contribution in [0.15, 0.2) is 0 Å². The van der Waals surface area contributed by atoms with Crippen molar-refractivity contribution < 1.29 is 4.74 Å². The molecule has 2 aliphatic rings. The molecule has 2 rings (SSSR count). The topological polar surface area (TPSA) is 38.5 Å². The Morgan fingerprint density at radius 2 is 1.81 bits per heavy atom. The predicted molar refractivity (Wildman–Crippen MR) is 89.5 cm³/mol. The third kappa shape index (κ3) is 4.20. The Morgan fingerprint density at radius 3 is 2.38 bits per heavy atom. The summed E-state index contributed by atoms with van der Waals surface area (Å²) in [7, 11) is 0. The molecule has 124 valence electrons. The van der Waals surface area contributed by atoms with Gasteiger partial charge in [0.2, 0.25) is 0 Å². The highest BCUT2D eigenvalue weighted by atomic mass is 16.5. The molecule has 1 aliphatic heterocycles. The van der Waals surface area contributed by atoms with Crippen molar-refractivity contribution in [2.45, 2.75) is 83.2 Å². The van der Waals surface area contributed by atoms with E-state index in [1.54, 1.807) is 0 Å². The van der Waals surface area contributed by atoms with Crippen molar-refractivity contribution in [2.75, 3.05) is 26.3 Å². The molecular formula is C18H36N2O. The zero-order chi connectivity index (χ0) is 15.1. The van der Waals surface area contributed by atoms with Crippen LogP contribution in [0.3, 0.4) is 0 Å². The van der Waals surface area contributed by atoms with E-state index in [9.17, 15) is 0 Å². The highest BCUT2D eigenvalue weighted by Gasteiger charge is 2.45. The van der Waals surface area contributed by atoms with Gasteiger partial charge in [0, 0.05) is 24.7 Å². The lowest BCUT2D eigenvalue weighted by Crippen LogP contribution is -2.61. The van der Waals surface area contributed by atoms with Crippen molar-refractivity contribution in [1.82, 2.24) is 4.90 Å². The van der Waals surface area contributed by atoms with Gasteiger partial charge >= 0.3 is 0 Å². The second-order valence-corrected chi connectivity index (χ2v) is 7.17. The quantitative estimate of drug-likeness (QED) is 0.744. The van der Waals surface area contributed by atoms with Gasteiger partial charge in [-0.15, -0.1) is 0 Å². The van der Waals surface area contributed by atoms with E-state index >= 15 is 0 Å². The van der Waals surface area contributed by atoms with E-state index in [4.69, 9.17) is 10.5 Å². The Morgan fingerprint density at radius 1 is 1.14 bits per heavy atom. The molecule has 0 aromatic heterocycles. The van der Waals surface area contributed by atoms with Gasteiger partial charge in [0.25, 0.3) is 0 Å². The minimum Gasteiger partial charge on any atom is -0.379 e. The summed E-state index contributed by atoms with van der Waals surface area (Å²) in [5, 5.41) is 0. The first-order chi connectivity index (χ1) is 10.2. The second kappa shape index (κ2) is 8.50. The van der Waals surface area contributed by atoms with E-state index in [1.807, 2.05) is 0 Å². The Bertz CT molecular complexity index is 283. The van der Waals surface area contributed by atoms with Gasteiger partial charge in [-0.1, -0.05) is 52.4 Å². The first-order valence-corrected chi connectivity index (χ1v) is 9.31. The van der Waals surface area contributed by atoms with Crippen molar-refractivity contribution in [1.29, 1.82) is 0 Å². The number of hydrogen-bond acceptors (Lipinski definition) is 3. The van der Waals surface area contributed by atoms with E-state index in [1.165, 1.54) is 57.8 Å². The van der Waals surface area contributed by atoms with Crippen LogP contribution in [-0.2, 0) is 4.74 Å². The highest BCUT2D eigenvalue weighted by molar-refractivity contribution is 5.03. The molecule has 3 nitrogen and oxygen atoms in total. The maximum absolute atomic E-state index is 6.81. The summed E-state index contributed by atoms with van der Waals surface area (Å²) < 4.78 is 5.56. The van der Waals surface area contributed by atoms with Gasteiger partial charge in [0.15, 0.2) is 0 Å².